The maximum Gasteiger partial charge on any atom is 0.246 e. The van der Waals surface area contributed by atoms with Crippen LogP contribution in [-0.2, 0) is 29.7 Å². The van der Waals surface area contributed by atoms with Crippen LogP contribution in [0.3, 0.4) is 0 Å². The molecule has 2 saturated heterocycles. The van der Waals surface area contributed by atoms with Crippen LogP contribution in [-0.4, -0.2) is 55.8 Å². The molecule has 0 radical (unpaired) electrons. The quantitative estimate of drug-likeness (QED) is 0.530. The minimum absolute atomic E-state index is 0.0382. The summed E-state index contributed by atoms with van der Waals surface area (Å²) < 4.78 is 2.16. The monoisotopic (exact) mass is 513 g/mol. The Balaban J connectivity index is 1.21. The Morgan fingerprint density at radius 2 is 1.63 bits per heavy atom. The van der Waals surface area contributed by atoms with Crippen molar-refractivity contribution >= 4 is 22.8 Å². The van der Waals surface area contributed by atoms with Crippen LogP contribution >= 0.6 is 0 Å². The summed E-state index contributed by atoms with van der Waals surface area (Å²) in [6.45, 7) is 2.73. The van der Waals surface area contributed by atoms with Gasteiger partial charge in [-0.1, -0.05) is 74.6 Å². The molecule has 3 fully saturated rings. The molecular formula is C31H39N5O2. The second kappa shape index (κ2) is 10.5. The van der Waals surface area contributed by atoms with Crippen molar-refractivity contribution in [3.8, 4) is 0 Å². The lowest BCUT2D eigenvalue weighted by molar-refractivity contribution is -0.163. The average molecular weight is 514 g/mol. The van der Waals surface area contributed by atoms with E-state index in [0.717, 1.165) is 48.5 Å². The van der Waals surface area contributed by atoms with Gasteiger partial charge >= 0.3 is 0 Å². The van der Waals surface area contributed by atoms with Gasteiger partial charge in [-0.2, -0.15) is 0 Å². The van der Waals surface area contributed by atoms with Crippen molar-refractivity contribution in [3.05, 3.63) is 66.0 Å². The number of piperidine rings is 1. The molecular weight excluding hydrogens is 474 g/mol. The Morgan fingerprint density at radius 1 is 0.921 bits per heavy atom. The summed E-state index contributed by atoms with van der Waals surface area (Å²) in [6, 6.07) is 17.9. The van der Waals surface area contributed by atoms with Gasteiger partial charge < -0.3 is 14.8 Å². The number of hydrogen-bond acceptors (Lipinski definition) is 4. The summed E-state index contributed by atoms with van der Waals surface area (Å²) >= 11 is 0. The number of carbonyl (C=O) groups excluding carboxylic acids is 2. The molecule has 0 bridgehead atoms. The van der Waals surface area contributed by atoms with Gasteiger partial charge in [0.1, 0.15) is 17.4 Å². The number of hydrogen-bond donors (Lipinski definition) is 1. The maximum atomic E-state index is 14.0. The summed E-state index contributed by atoms with van der Waals surface area (Å²) in [6.07, 6.45) is 8.13. The van der Waals surface area contributed by atoms with Gasteiger partial charge in [0.05, 0.1) is 17.6 Å². The van der Waals surface area contributed by atoms with Gasteiger partial charge in [0.2, 0.25) is 11.8 Å². The minimum Gasteiger partial charge on any atom is -0.342 e. The van der Waals surface area contributed by atoms with E-state index in [2.05, 4.69) is 40.0 Å². The molecule has 3 aliphatic rings. The van der Waals surface area contributed by atoms with Gasteiger partial charge in [-0.3, -0.25) is 14.5 Å². The molecule has 3 heterocycles. The molecule has 1 aromatic heterocycles. The van der Waals surface area contributed by atoms with Gasteiger partial charge in [0.15, 0.2) is 0 Å². The highest BCUT2D eigenvalue weighted by Gasteiger charge is 2.53. The number of aromatic nitrogens is 2. The Morgan fingerprint density at radius 3 is 2.37 bits per heavy atom. The third kappa shape index (κ3) is 4.73. The number of benzene rings is 2. The Labute approximate surface area is 225 Å². The Kier molecular flexibility index (Phi) is 6.95. The van der Waals surface area contributed by atoms with Crippen molar-refractivity contribution in [1.29, 1.82) is 0 Å². The van der Waals surface area contributed by atoms with Crippen LogP contribution in [0.2, 0.25) is 0 Å². The van der Waals surface area contributed by atoms with Crippen LogP contribution in [0.4, 0.5) is 0 Å². The zero-order valence-corrected chi connectivity index (χ0v) is 22.4. The molecule has 38 heavy (non-hydrogen) atoms. The molecule has 1 saturated carbocycles. The molecule has 200 valence electrons. The van der Waals surface area contributed by atoms with E-state index in [4.69, 9.17) is 4.98 Å². The van der Waals surface area contributed by atoms with Gasteiger partial charge in [-0.25, -0.2) is 4.98 Å². The number of carbonyl (C=O) groups is 2. The second-order valence-corrected chi connectivity index (χ2v) is 11.6. The summed E-state index contributed by atoms with van der Waals surface area (Å²) in [7, 11) is 2.07. The van der Waals surface area contributed by atoms with E-state index in [1.807, 2.05) is 41.3 Å². The van der Waals surface area contributed by atoms with Crippen molar-refractivity contribution in [2.45, 2.75) is 76.0 Å². The first-order valence-corrected chi connectivity index (χ1v) is 14.3. The third-order valence-electron chi connectivity index (χ3n) is 9.21. The van der Waals surface area contributed by atoms with Crippen LogP contribution in [0.15, 0.2) is 54.6 Å². The predicted octanol–water partition coefficient (Wildman–Crippen LogP) is 4.41. The van der Waals surface area contributed by atoms with E-state index in [1.54, 1.807) is 0 Å². The van der Waals surface area contributed by atoms with Crippen molar-refractivity contribution in [3.63, 3.8) is 0 Å². The molecule has 7 heteroatoms. The summed E-state index contributed by atoms with van der Waals surface area (Å²) in [5.41, 5.74) is 2.42. The topological polar surface area (TPSA) is 70.5 Å². The van der Waals surface area contributed by atoms with E-state index in [9.17, 15) is 9.59 Å². The number of aryl methyl sites for hydroxylation is 1. The van der Waals surface area contributed by atoms with Crippen LogP contribution < -0.4 is 5.32 Å². The van der Waals surface area contributed by atoms with Gasteiger partial charge in [-0.15, -0.1) is 0 Å². The number of nitrogens with zero attached hydrogens (tertiary/aromatic N) is 4. The van der Waals surface area contributed by atoms with E-state index in [1.165, 1.54) is 32.1 Å². The first kappa shape index (κ1) is 25.1. The highest BCUT2D eigenvalue weighted by molar-refractivity contribution is 6.00. The molecule has 1 N–H and O–H groups in total. The highest BCUT2D eigenvalue weighted by Crippen LogP contribution is 2.37. The normalized spacial score (nSPS) is 22.8. The van der Waals surface area contributed by atoms with Crippen molar-refractivity contribution in [1.82, 2.24) is 24.7 Å². The SMILES string of the molecule is Cn1c(CN2CCC3(CC2)C(=O)NC(CC2CCCCC2)C(=O)N3Cc2ccccc2)nc2ccccc21. The molecule has 1 spiro atoms. The first-order chi connectivity index (χ1) is 18.5. The molecule has 2 aromatic carbocycles. The fourth-order valence-corrected chi connectivity index (χ4v) is 6.90. The number of rotatable bonds is 6. The Bertz CT molecular complexity index is 1290. The molecule has 2 amide bonds. The van der Waals surface area contributed by atoms with Crippen LogP contribution in [0.1, 0.15) is 62.8 Å². The first-order valence-electron chi connectivity index (χ1n) is 14.3. The summed E-state index contributed by atoms with van der Waals surface area (Å²) in [5, 5.41) is 3.22. The maximum absolute atomic E-state index is 14.0. The number of piperazine rings is 1. The molecule has 6 rings (SSSR count). The lowest BCUT2D eigenvalue weighted by atomic mass is 9.79. The lowest BCUT2D eigenvalue weighted by Gasteiger charge is -2.52. The molecule has 3 aromatic rings. The predicted molar refractivity (Wildman–Crippen MR) is 148 cm³/mol. The zero-order valence-electron chi connectivity index (χ0n) is 22.4. The molecule has 2 aliphatic heterocycles. The van der Waals surface area contributed by atoms with Gasteiger partial charge in [0.25, 0.3) is 0 Å². The van der Waals surface area contributed by atoms with Crippen LogP contribution in [0.5, 0.6) is 0 Å². The van der Waals surface area contributed by atoms with Crippen LogP contribution in [0.25, 0.3) is 11.0 Å². The van der Waals surface area contributed by atoms with Crippen molar-refractivity contribution in [2.75, 3.05) is 13.1 Å². The number of para-hydroxylation sites is 2. The third-order valence-corrected chi connectivity index (χ3v) is 9.21. The molecule has 1 unspecified atom stereocenters. The number of amides is 2. The smallest absolute Gasteiger partial charge is 0.246 e. The number of nitrogens with one attached hydrogen (secondary N) is 1. The molecule has 1 atom stereocenters. The van der Waals surface area contributed by atoms with Gasteiger partial charge in [-0.05, 0) is 42.9 Å². The lowest BCUT2D eigenvalue weighted by Crippen LogP contribution is -2.72. The number of fused-ring (bicyclic) bond motifs is 1. The van der Waals surface area contributed by atoms with Crippen molar-refractivity contribution < 1.29 is 9.59 Å². The van der Waals surface area contributed by atoms with E-state index in [0.29, 0.717) is 25.3 Å². The zero-order chi connectivity index (χ0) is 26.1. The van der Waals surface area contributed by atoms with E-state index < -0.39 is 11.6 Å². The van der Waals surface area contributed by atoms with E-state index >= 15 is 0 Å². The highest BCUT2D eigenvalue weighted by atomic mass is 16.2. The van der Waals surface area contributed by atoms with Gasteiger partial charge in [0, 0.05) is 26.7 Å². The second-order valence-electron chi connectivity index (χ2n) is 11.6. The molecule has 1 aliphatic carbocycles. The average Bonchev–Trinajstić information content (AvgIpc) is 3.27. The van der Waals surface area contributed by atoms with Crippen LogP contribution in [0, 0.1) is 5.92 Å². The fraction of sp³-hybridized carbons (Fsp3) is 0.516. The summed E-state index contributed by atoms with van der Waals surface area (Å²) in [4.78, 5) is 37.1. The minimum atomic E-state index is -0.793. The van der Waals surface area contributed by atoms with Crippen molar-refractivity contribution in [2.24, 2.45) is 13.0 Å². The standard InChI is InChI=1S/C31H39N5O2/c1-34-27-15-9-8-14-25(27)32-28(34)22-35-18-16-31(17-19-35)30(38)33-26(20-23-10-4-2-5-11-23)29(37)36(31)21-24-12-6-3-7-13-24/h3,6-9,12-15,23,26H,2,4-5,10-11,16-22H2,1H3,(H,33,38). The fourth-order valence-electron chi connectivity index (χ4n) is 6.90. The largest absolute Gasteiger partial charge is 0.342 e. The summed E-state index contributed by atoms with van der Waals surface area (Å²) in [5.74, 6) is 1.69. The molecule has 7 nitrogen and oxygen atoms in total. The number of likely N-dealkylation sites (tertiary alicyclic amines) is 1. The Hall–Kier alpha value is -3.19. The number of imidazole rings is 1. The van der Waals surface area contributed by atoms with E-state index in [-0.39, 0.29) is 11.8 Å².